The molecule has 8 heteroatoms. The van der Waals surface area contributed by atoms with E-state index in [1.54, 1.807) is 0 Å². The number of hydrogen-bond donors (Lipinski definition) is 2. The molecule has 1 rings (SSSR count). The summed E-state index contributed by atoms with van der Waals surface area (Å²) in [6.45, 7) is 0. The summed E-state index contributed by atoms with van der Waals surface area (Å²) in [6, 6.07) is 0.545. The first-order chi connectivity index (χ1) is 7.30. The molecule has 1 unspecified atom stereocenters. The monoisotopic (exact) mass is 245 g/mol. The van der Waals surface area contributed by atoms with E-state index in [1.807, 2.05) is 0 Å². The van der Waals surface area contributed by atoms with Crippen LogP contribution in [0.1, 0.15) is 18.2 Å². The molecule has 0 aliphatic rings. The number of carboxylic acids is 1. The minimum Gasteiger partial charge on any atom is -0.481 e. The summed E-state index contributed by atoms with van der Waals surface area (Å²) in [5.41, 5.74) is 5.73. The summed E-state index contributed by atoms with van der Waals surface area (Å²) < 4.78 is 22.3. The Labute approximate surface area is 92.3 Å². The molecule has 0 aliphatic heterocycles. The molecule has 1 atom stereocenters. The third-order valence-electron chi connectivity index (χ3n) is 1.76. The fourth-order valence-corrected chi connectivity index (χ4v) is 1.56. The highest BCUT2D eigenvalue weighted by Crippen LogP contribution is 2.12. The fourth-order valence-electron chi connectivity index (χ4n) is 1.03. The zero-order valence-electron chi connectivity index (χ0n) is 8.49. The lowest BCUT2D eigenvalue weighted by atomic mass is 10.1. The normalized spacial score (nSPS) is 13.4. The molecular formula is C8H11N3O4S. The summed E-state index contributed by atoms with van der Waals surface area (Å²) in [5.74, 6) is -1.08. The van der Waals surface area contributed by atoms with Gasteiger partial charge in [-0.3, -0.25) is 4.79 Å². The van der Waals surface area contributed by atoms with Gasteiger partial charge in [-0.1, -0.05) is 0 Å². The van der Waals surface area contributed by atoms with Crippen LogP contribution in [0.5, 0.6) is 0 Å². The van der Waals surface area contributed by atoms with Crippen LogP contribution in [0.4, 0.5) is 0 Å². The number of sulfone groups is 1. The second-order valence-electron chi connectivity index (χ2n) is 3.24. The number of rotatable bonds is 4. The van der Waals surface area contributed by atoms with Crippen LogP contribution in [-0.4, -0.2) is 35.7 Å². The van der Waals surface area contributed by atoms with E-state index in [0.717, 1.165) is 6.26 Å². The van der Waals surface area contributed by atoms with E-state index in [0.29, 0.717) is 0 Å². The van der Waals surface area contributed by atoms with Crippen LogP contribution in [-0.2, 0) is 14.6 Å². The van der Waals surface area contributed by atoms with Gasteiger partial charge < -0.3 is 10.8 Å². The van der Waals surface area contributed by atoms with Crippen molar-refractivity contribution in [1.29, 1.82) is 0 Å². The van der Waals surface area contributed by atoms with Crippen LogP contribution in [0.3, 0.4) is 0 Å². The summed E-state index contributed by atoms with van der Waals surface area (Å²) >= 11 is 0. The van der Waals surface area contributed by atoms with E-state index in [4.69, 9.17) is 10.8 Å². The molecule has 88 valence electrons. The Bertz CT molecular complexity index is 500. The number of nitrogens with zero attached hydrogens (tertiary/aromatic N) is 2. The number of nitrogens with two attached hydrogens (primary N) is 1. The maximum atomic E-state index is 11.1. The lowest BCUT2D eigenvalue weighted by Crippen LogP contribution is -2.18. The van der Waals surface area contributed by atoms with Crippen molar-refractivity contribution in [2.24, 2.45) is 5.73 Å². The van der Waals surface area contributed by atoms with Crippen molar-refractivity contribution in [2.45, 2.75) is 17.6 Å². The van der Waals surface area contributed by atoms with Gasteiger partial charge in [-0.2, -0.15) is 0 Å². The summed E-state index contributed by atoms with van der Waals surface area (Å²) in [7, 11) is -3.51. The highest BCUT2D eigenvalue weighted by Gasteiger charge is 2.16. The van der Waals surface area contributed by atoms with Crippen LogP contribution in [0.25, 0.3) is 0 Å². The van der Waals surface area contributed by atoms with Crippen molar-refractivity contribution in [3.8, 4) is 0 Å². The minimum absolute atomic E-state index is 0.192. The Balaban J connectivity index is 3.04. The number of carbonyl (C=O) groups is 1. The standard InChI is InChI=1S/C8H11N3O4S/c1-16(14,15)8-10-3-2-6(11-8)5(9)4-7(12)13/h2-3,5H,4,9H2,1H3,(H,12,13). The second kappa shape index (κ2) is 4.54. The van der Waals surface area contributed by atoms with Crippen molar-refractivity contribution in [3.63, 3.8) is 0 Å². The van der Waals surface area contributed by atoms with Gasteiger partial charge in [0.15, 0.2) is 0 Å². The average molecular weight is 245 g/mol. The lowest BCUT2D eigenvalue weighted by molar-refractivity contribution is -0.137. The quantitative estimate of drug-likeness (QED) is 0.676. The smallest absolute Gasteiger partial charge is 0.305 e. The van der Waals surface area contributed by atoms with E-state index in [-0.39, 0.29) is 17.3 Å². The second-order valence-corrected chi connectivity index (χ2v) is 5.15. The molecule has 1 aromatic rings. The molecule has 16 heavy (non-hydrogen) atoms. The van der Waals surface area contributed by atoms with E-state index in [2.05, 4.69) is 9.97 Å². The first kappa shape index (κ1) is 12.5. The van der Waals surface area contributed by atoms with Crippen molar-refractivity contribution in [1.82, 2.24) is 9.97 Å². The molecule has 1 aromatic heterocycles. The number of hydrogen-bond acceptors (Lipinski definition) is 6. The van der Waals surface area contributed by atoms with Gasteiger partial charge in [-0.15, -0.1) is 0 Å². The largest absolute Gasteiger partial charge is 0.481 e. The van der Waals surface area contributed by atoms with Gasteiger partial charge in [-0.05, 0) is 6.07 Å². The molecule has 3 N–H and O–H groups in total. The Hall–Kier alpha value is -1.54. The Morgan fingerprint density at radius 2 is 2.25 bits per heavy atom. The molecule has 0 aromatic carbocycles. The van der Waals surface area contributed by atoms with Crippen molar-refractivity contribution >= 4 is 15.8 Å². The topological polar surface area (TPSA) is 123 Å². The first-order valence-corrected chi connectivity index (χ1v) is 6.20. The summed E-state index contributed by atoms with van der Waals surface area (Å²) in [5, 5.41) is 8.18. The molecule has 0 radical (unpaired) electrons. The zero-order valence-corrected chi connectivity index (χ0v) is 9.31. The highest BCUT2D eigenvalue weighted by atomic mass is 32.2. The maximum Gasteiger partial charge on any atom is 0.305 e. The number of carboxylic acid groups (broad SMARTS) is 1. The van der Waals surface area contributed by atoms with Crippen LogP contribution >= 0.6 is 0 Å². The van der Waals surface area contributed by atoms with Gasteiger partial charge in [0.05, 0.1) is 18.2 Å². The minimum atomic E-state index is -3.51. The molecule has 0 saturated heterocycles. The van der Waals surface area contributed by atoms with Crippen LogP contribution < -0.4 is 5.73 Å². The predicted molar refractivity (Wildman–Crippen MR) is 54.3 cm³/mol. The van der Waals surface area contributed by atoms with Crippen LogP contribution in [0.15, 0.2) is 17.4 Å². The third kappa shape index (κ3) is 3.24. The molecule has 0 saturated carbocycles. The highest BCUT2D eigenvalue weighted by molar-refractivity contribution is 7.90. The molecule has 0 bridgehead atoms. The number of aliphatic carboxylic acids is 1. The Morgan fingerprint density at radius 3 is 2.75 bits per heavy atom. The summed E-state index contributed by atoms with van der Waals surface area (Å²) in [6.07, 6.45) is 1.88. The average Bonchev–Trinajstić information content (AvgIpc) is 2.15. The Morgan fingerprint density at radius 1 is 1.62 bits per heavy atom. The molecule has 0 spiro atoms. The van der Waals surface area contributed by atoms with Crippen molar-refractivity contribution in [2.75, 3.05) is 6.26 Å². The molecule has 1 heterocycles. The Kier molecular flexibility index (Phi) is 3.55. The third-order valence-corrected chi connectivity index (χ3v) is 2.62. The first-order valence-electron chi connectivity index (χ1n) is 4.31. The van der Waals surface area contributed by atoms with E-state index >= 15 is 0 Å². The molecule has 0 amide bonds. The van der Waals surface area contributed by atoms with Gasteiger partial charge in [0, 0.05) is 12.5 Å². The molecule has 0 aliphatic carbocycles. The van der Waals surface area contributed by atoms with Crippen LogP contribution in [0, 0.1) is 0 Å². The van der Waals surface area contributed by atoms with Crippen LogP contribution in [0.2, 0.25) is 0 Å². The SMILES string of the molecule is CS(=O)(=O)c1nccc(C(N)CC(=O)O)n1. The lowest BCUT2D eigenvalue weighted by Gasteiger charge is -2.08. The van der Waals surface area contributed by atoms with Crippen molar-refractivity contribution in [3.05, 3.63) is 18.0 Å². The fraction of sp³-hybridized carbons (Fsp3) is 0.375. The van der Waals surface area contributed by atoms with Gasteiger partial charge in [-0.25, -0.2) is 18.4 Å². The van der Waals surface area contributed by atoms with E-state index in [1.165, 1.54) is 12.3 Å². The van der Waals surface area contributed by atoms with Gasteiger partial charge in [0.25, 0.3) is 0 Å². The molecular weight excluding hydrogens is 234 g/mol. The summed E-state index contributed by atoms with van der Waals surface area (Å²) in [4.78, 5) is 17.7. The zero-order chi connectivity index (χ0) is 12.3. The van der Waals surface area contributed by atoms with Gasteiger partial charge in [0.2, 0.25) is 15.0 Å². The maximum absolute atomic E-state index is 11.1. The molecule has 7 nitrogen and oxygen atoms in total. The predicted octanol–water partition coefficient (Wildman–Crippen LogP) is -0.645. The van der Waals surface area contributed by atoms with Gasteiger partial charge >= 0.3 is 5.97 Å². The number of aromatic nitrogens is 2. The van der Waals surface area contributed by atoms with Crippen molar-refractivity contribution < 1.29 is 18.3 Å². The molecule has 0 fully saturated rings. The van der Waals surface area contributed by atoms with Gasteiger partial charge in [0.1, 0.15) is 0 Å². The van der Waals surface area contributed by atoms with E-state index in [9.17, 15) is 13.2 Å². The van der Waals surface area contributed by atoms with E-state index < -0.39 is 21.8 Å².